The molecule has 0 unspecified atom stereocenters. The fourth-order valence-electron chi connectivity index (χ4n) is 9.58. The zero-order valence-corrected chi connectivity index (χ0v) is 26.3. The van der Waals surface area contributed by atoms with Crippen molar-refractivity contribution >= 4 is 23.3 Å². The van der Waals surface area contributed by atoms with E-state index >= 15 is 0 Å². The van der Waals surface area contributed by atoms with E-state index in [1.807, 2.05) is 13.8 Å². The van der Waals surface area contributed by atoms with E-state index in [9.17, 15) is 19.5 Å². The normalized spacial score (nSPS) is 38.3. The Hall–Kier alpha value is -3.48. The minimum Gasteiger partial charge on any atom is -0.504 e. The molecule has 43 heavy (non-hydrogen) atoms. The molecule has 2 N–H and O–H groups in total. The molecule has 1 aromatic heterocycles. The topological polar surface area (TPSA) is 106 Å². The number of anilines is 1. The van der Waals surface area contributed by atoms with Gasteiger partial charge in [-0.15, -0.1) is 0 Å². The van der Waals surface area contributed by atoms with Crippen LogP contribution in [-0.4, -0.2) is 34.4 Å². The summed E-state index contributed by atoms with van der Waals surface area (Å²) in [6.45, 7) is 13.1. The molecule has 6 rings (SSSR count). The molecule has 0 saturated heterocycles. The molecule has 1 heterocycles. The highest BCUT2D eigenvalue weighted by atomic mass is 16.5. The Labute approximate surface area is 254 Å². The van der Waals surface area contributed by atoms with Gasteiger partial charge in [0.15, 0.2) is 12.4 Å². The quantitative estimate of drug-likeness (QED) is 0.363. The first-order valence-corrected chi connectivity index (χ1v) is 15.6. The minimum atomic E-state index is -0.672. The molecular weight excluding hydrogens is 540 g/mol. The van der Waals surface area contributed by atoms with Gasteiger partial charge in [0.2, 0.25) is 5.78 Å². The van der Waals surface area contributed by atoms with Gasteiger partial charge in [0.05, 0.1) is 5.41 Å². The lowest BCUT2D eigenvalue weighted by Gasteiger charge is -2.70. The third-order valence-corrected chi connectivity index (χ3v) is 12.7. The van der Waals surface area contributed by atoms with E-state index in [1.54, 1.807) is 30.6 Å². The number of aliphatic hydroxyl groups is 1. The number of carbonyl (C=O) groups is 3. The van der Waals surface area contributed by atoms with Gasteiger partial charge in [0.1, 0.15) is 0 Å². The number of carbonyl (C=O) groups excluding carboxylic acids is 3. The van der Waals surface area contributed by atoms with Crippen LogP contribution in [-0.2, 0) is 19.1 Å². The van der Waals surface area contributed by atoms with Crippen LogP contribution in [0.1, 0.15) is 86.5 Å². The number of allylic oxidation sites excluding steroid dienone is 7. The summed E-state index contributed by atoms with van der Waals surface area (Å²) < 4.78 is 5.67. The molecular formula is C36H44N2O5. The fourth-order valence-corrected chi connectivity index (χ4v) is 9.58. The van der Waals surface area contributed by atoms with Crippen molar-refractivity contribution in [2.24, 2.45) is 33.0 Å². The van der Waals surface area contributed by atoms with E-state index in [0.717, 1.165) is 56.1 Å². The van der Waals surface area contributed by atoms with Gasteiger partial charge < -0.3 is 15.2 Å². The van der Waals surface area contributed by atoms with Crippen LogP contribution in [0.2, 0.25) is 0 Å². The maximum absolute atomic E-state index is 13.6. The molecule has 7 nitrogen and oxygen atoms in total. The predicted molar refractivity (Wildman–Crippen MR) is 165 cm³/mol. The van der Waals surface area contributed by atoms with Crippen molar-refractivity contribution in [1.29, 1.82) is 0 Å². The maximum atomic E-state index is 13.6. The molecule has 0 spiro atoms. The number of ether oxygens (including phenoxy) is 1. The largest absolute Gasteiger partial charge is 0.504 e. The molecule has 7 heteroatoms. The van der Waals surface area contributed by atoms with Gasteiger partial charge in [-0.05, 0) is 110 Å². The van der Waals surface area contributed by atoms with Crippen LogP contribution >= 0.6 is 0 Å². The molecule has 6 atom stereocenters. The molecule has 3 saturated carbocycles. The van der Waals surface area contributed by atoms with Crippen molar-refractivity contribution in [2.75, 3.05) is 11.9 Å². The van der Waals surface area contributed by atoms with Crippen molar-refractivity contribution in [2.45, 2.75) is 86.5 Å². The van der Waals surface area contributed by atoms with Gasteiger partial charge in [0, 0.05) is 29.1 Å². The summed E-state index contributed by atoms with van der Waals surface area (Å²) >= 11 is 0. The molecule has 3 fully saturated rings. The van der Waals surface area contributed by atoms with Crippen molar-refractivity contribution in [3.05, 3.63) is 70.8 Å². The third kappa shape index (κ3) is 4.28. The van der Waals surface area contributed by atoms with E-state index in [2.05, 4.69) is 50.1 Å². The molecule has 1 aromatic rings. The van der Waals surface area contributed by atoms with E-state index in [0.29, 0.717) is 17.2 Å². The Morgan fingerprint density at radius 3 is 2.42 bits per heavy atom. The number of nitrogens with one attached hydrogen (secondary N) is 1. The summed E-state index contributed by atoms with van der Waals surface area (Å²) in [7, 11) is 0. The van der Waals surface area contributed by atoms with Crippen LogP contribution < -0.4 is 5.32 Å². The molecule has 0 bridgehead atoms. The second-order valence-electron chi connectivity index (χ2n) is 15.0. The predicted octanol–water partition coefficient (Wildman–Crippen LogP) is 7.19. The first-order valence-electron chi connectivity index (χ1n) is 15.6. The van der Waals surface area contributed by atoms with Crippen LogP contribution in [0.3, 0.4) is 0 Å². The summed E-state index contributed by atoms with van der Waals surface area (Å²) in [5, 5.41) is 13.2. The number of nitrogens with zero attached hydrogens (tertiary/aromatic N) is 1. The van der Waals surface area contributed by atoms with E-state index in [4.69, 9.17) is 4.74 Å². The minimum absolute atomic E-state index is 0.0658. The Kier molecular flexibility index (Phi) is 6.72. The van der Waals surface area contributed by atoms with E-state index < -0.39 is 5.41 Å². The Morgan fingerprint density at radius 1 is 1.00 bits per heavy atom. The van der Waals surface area contributed by atoms with Crippen LogP contribution in [0.4, 0.5) is 5.69 Å². The van der Waals surface area contributed by atoms with Crippen LogP contribution in [0.5, 0.6) is 0 Å². The maximum Gasteiger partial charge on any atom is 0.312 e. The first-order chi connectivity index (χ1) is 20.2. The number of pyridine rings is 1. The molecule has 5 aliphatic carbocycles. The molecule has 5 aliphatic rings. The lowest BCUT2D eigenvalue weighted by molar-refractivity contribution is -0.182. The number of amides is 1. The highest BCUT2D eigenvalue weighted by Crippen LogP contribution is 2.75. The van der Waals surface area contributed by atoms with Crippen LogP contribution in [0, 0.1) is 33.0 Å². The van der Waals surface area contributed by atoms with Gasteiger partial charge >= 0.3 is 5.97 Å². The molecule has 0 aliphatic heterocycles. The zero-order chi connectivity index (χ0) is 31.0. The average Bonchev–Trinajstić information content (AvgIpc) is 2.98. The highest BCUT2D eigenvalue weighted by Gasteiger charge is 2.67. The molecule has 228 valence electrons. The highest BCUT2D eigenvalue weighted by molar-refractivity contribution is 6.06. The van der Waals surface area contributed by atoms with Crippen molar-refractivity contribution in [3.63, 3.8) is 0 Å². The third-order valence-electron chi connectivity index (χ3n) is 12.7. The summed E-state index contributed by atoms with van der Waals surface area (Å²) in [5.74, 6) is -0.831. The lowest BCUT2D eigenvalue weighted by Crippen LogP contribution is -2.62. The van der Waals surface area contributed by atoms with Crippen molar-refractivity contribution in [3.8, 4) is 0 Å². The Morgan fingerprint density at radius 2 is 1.70 bits per heavy atom. The number of hydrogen-bond acceptors (Lipinski definition) is 6. The number of hydrogen-bond donors (Lipinski definition) is 2. The monoisotopic (exact) mass is 584 g/mol. The molecule has 0 radical (unpaired) electrons. The number of aromatic nitrogens is 1. The van der Waals surface area contributed by atoms with Gasteiger partial charge in [-0.25, -0.2) is 0 Å². The molecule has 0 aromatic carbocycles. The average molecular weight is 585 g/mol. The molecule has 1 amide bonds. The van der Waals surface area contributed by atoms with Crippen molar-refractivity contribution in [1.82, 2.24) is 4.98 Å². The summed E-state index contributed by atoms with van der Waals surface area (Å²) in [6.07, 6.45) is 15.7. The first kappa shape index (κ1) is 29.6. The SMILES string of the molecule is CC1=C(O)C(=O)C=C2C1=CC=C1[C@@]2(C)CC[C@@]2(C)[C@@H]3C[C@](C)(C(=O)OCC(=O)Nc4ccncc4)CC[C@]3(C)CC[C@]12C. The summed E-state index contributed by atoms with van der Waals surface area (Å²) in [4.78, 5) is 42.9. The van der Waals surface area contributed by atoms with Gasteiger partial charge in [-0.2, -0.15) is 0 Å². The Balaban J connectivity index is 1.27. The van der Waals surface area contributed by atoms with Gasteiger partial charge in [-0.3, -0.25) is 19.4 Å². The number of rotatable bonds is 4. The number of aliphatic hydroxyl groups excluding tert-OH is 1. The Bertz CT molecular complexity index is 1540. The standard InChI is InChI=1S/C36H44N2O5/c1-22-24-7-8-27-34(4,25(24)19-26(39)30(22)41)14-16-36(6)28-20-33(3,12-11-32(28,2)13-15-35(27,36)5)31(42)43-21-29(40)38-23-9-17-37-18-10-23/h7-10,17-19,28,41H,11-16,20-21H2,1-6H3,(H,37,38,40)/t28-,32-,33-,34+,35-,36+/m1/s1. The van der Waals surface area contributed by atoms with Crippen LogP contribution in [0.15, 0.2) is 70.8 Å². The summed E-state index contributed by atoms with van der Waals surface area (Å²) in [5.41, 5.74) is 3.61. The van der Waals surface area contributed by atoms with Gasteiger partial charge in [-0.1, -0.05) is 45.4 Å². The second-order valence-corrected chi connectivity index (χ2v) is 15.0. The van der Waals surface area contributed by atoms with E-state index in [1.165, 1.54) is 5.57 Å². The van der Waals surface area contributed by atoms with E-state index in [-0.39, 0.29) is 51.7 Å². The zero-order valence-electron chi connectivity index (χ0n) is 26.3. The number of fused-ring (bicyclic) bond motifs is 7. The second kappa shape index (κ2) is 9.76. The fraction of sp³-hybridized carbons (Fsp3) is 0.556. The van der Waals surface area contributed by atoms with Crippen LogP contribution in [0.25, 0.3) is 0 Å². The number of esters is 1. The summed E-state index contributed by atoms with van der Waals surface area (Å²) in [6, 6.07) is 3.39. The number of ketones is 1. The van der Waals surface area contributed by atoms with Crippen molar-refractivity contribution < 1.29 is 24.2 Å². The smallest absolute Gasteiger partial charge is 0.312 e. The van der Waals surface area contributed by atoms with Gasteiger partial charge in [0.25, 0.3) is 5.91 Å². The lowest BCUT2D eigenvalue weighted by atomic mass is 9.34.